The van der Waals surface area contributed by atoms with Crippen molar-refractivity contribution in [3.05, 3.63) is 90.0 Å². The van der Waals surface area contributed by atoms with Gasteiger partial charge in [-0.25, -0.2) is 4.98 Å². The summed E-state index contributed by atoms with van der Waals surface area (Å²) >= 11 is 0. The van der Waals surface area contributed by atoms with Gasteiger partial charge in [-0.15, -0.1) is 0 Å². The van der Waals surface area contributed by atoms with E-state index in [1.807, 2.05) is 18.2 Å². The first-order valence-corrected chi connectivity index (χ1v) is 11.4. The Morgan fingerprint density at radius 3 is 2.66 bits per heavy atom. The van der Waals surface area contributed by atoms with Crippen LogP contribution >= 0.6 is 0 Å². The lowest BCUT2D eigenvalue weighted by Gasteiger charge is -2.31. The summed E-state index contributed by atoms with van der Waals surface area (Å²) in [5.74, 6) is 1.84. The molecule has 5 rings (SSSR count). The Bertz CT molecular complexity index is 1170. The van der Waals surface area contributed by atoms with E-state index >= 15 is 0 Å². The number of nitrogens with one attached hydrogen (secondary N) is 2. The second-order valence-electron chi connectivity index (χ2n) is 8.53. The minimum absolute atomic E-state index is 0.387. The molecule has 1 aliphatic rings. The lowest BCUT2D eigenvalue weighted by Crippen LogP contribution is -2.44. The molecular weight excluding hydrogens is 396 g/mol. The second-order valence-corrected chi connectivity index (χ2v) is 8.53. The molecule has 3 aromatic carbocycles. The van der Waals surface area contributed by atoms with Crippen molar-refractivity contribution in [1.29, 1.82) is 0 Å². The van der Waals surface area contributed by atoms with Gasteiger partial charge in [-0.1, -0.05) is 60.7 Å². The van der Waals surface area contributed by atoms with E-state index in [0.29, 0.717) is 18.6 Å². The second kappa shape index (κ2) is 9.45. The SMILES string of the molecule is COc1ccccc1Cn1c(NC2CCNC(Cc3ccccc3)C2)nc2ccccc21. The van der Waals surface area contributed by atoms with Gasteiger partial charge in [0.2, 0.25) is 5.95 Å². The van der Waals surface area contributed by atoms with E-state index in [1.165, 1.54) is 5.56 Å². The normalized spacial score (nSPS) is 18.5. The molecule has 0 bridgehead atoms. The van der Waals surface area contributed by atoms with Gasteiger partial charge in [0.25, 0.3) is 0 Å². The molecule has 0 amide bonds. The molecule has 4 aromatic rings. The molecule has 1 aromatic heterocycles. The predicted molar refractivity (Wildman–Crippen MR) is 130 cm³/mol. The topological polar surface area (TPSA) is 51.1 Å². The largest absolute Gasteiger partial charge is 0.496 e. The zero-order chi connectivity index (χ0) is 21.8. The third-order valence-electron chi connectivity index (χ3n) is 6.33. The molecule has 164 valence electrons. The number of aromatic nitrogens is 2. The fraction of sp³-hybridized carbons (Fsp3) is 0.296. The Kier molecular flexibility index (Phi) is 6.08. The van der Waals surface area contributed by atoms with Crippen LogP contribution in [0.1, 0.15) is 24.0 Å². The first kappa shape index (κ1) is 20.6. The Hall–Kier alpha value is -3.31. The van der Waals surface area contributed by atoms with Crippen LogP contribution in [0.15, 0.2) is 78.9 Å². The average Bonchev–Trinajstić information content (AvgIpc) is 3.17. The third-order valence-corrected chi connectivity index (χ3v) is 6.33. The highest BCUT2D eigenvalue weighted by Gasteiger charge is 2.23. The number of ether oxygens (including phenoxy) is 1. The summed E-state index contributed by atoms with van der Waals surface area (Å²) in [6.07, 6.45) is 3.21. The Morgan fingerprint density at radius 1 is 1.00 bits per heavy atom. The number of rotatable bonds is 7. The maximum atomic E-state index is 5.60. The van der Waals surface area contributed by atoms with Crippen molar-refractivity contribution in [3.63, 3.8) is 0 Å². The lowest BCUT2D eigenvalue weighted by atomic mass is 9.94. The van der Waals surface area contributed by atoms with Gasteiger partial charge in [0.05, 0.1) is 24.7 Å². The van der Waals surface area contributed by atoms with Gasteiger partial charge in [0, 0.05) is 17.6 Å². The number of para-hydroxylation sites is 3. The van der Waals surface area contributed by atoms with E-state index in [-0.39, 0.29) is 0 Å². The summed E-state index contributed by atoms with van der Waals surface area (Å²) in [5.41, 5.74) is 4.68. The fourth-order valence-corrected chi connectivity index (χ4v) is 4.72. The minimum Gasteiger partial charge on any atom is -0.496 e. The van der Waals surface area contributed by atoms with Crippen molar-refractivity contribution in [2.75, 3.05) is 19.0 Å². The van der Waals surface area contributed by atoms with E-state index in [2.05, 4.69) is 75.9 Å². The molecule has 5 heteroatoms. The zero-order valence-electron chi connectivity index (χ0n) is 18.5. The standard InChI is InChI=1S/C27H30N4O/c1-32-26-14-8-5-11-21(26)19-31-25-13-7-6-12-24(25)30-27(31)29-22-15-16-28-23(18-22)17-20-9-3-2-4-10-20/h2-14,22-23,28H,15-19H2,1H3,(H,29,30). The fourth-order valence-electron chi connectivity index (χ4n) is 4.72. The van der Waals surface area contributed by atoms with Crippen LogP contribution in [-0.2, 0) is 13.0 Å². The van der Waals surface area contributed by atoms with Crippen LogP contribution in [0.3, 0.4) is 0 Å². The van der Waals surface area contributed by atoms with Crippen molar-refractivity contribution in [1.82, 2.24) is 14.9 Å². The summed E-state index contributed by atoms with van der Waals surface area (Å²) in [6.45, 7) is 1.73. The molecule has 0 spiro atoms. The van der Waals surface area contributed by atoms with E-state index < -0.39 is 0 Å². The molecule has 0 radical (unpaired) electrons. The zero-order valence-corrected chi connectivity index (χ0v) is 18.5. The van der Waals surface area contributed by atoms with Gasteiger partial charge in [-0.05, 0) is 49.6 Å². The van der Waals surface area contributed by atoms with Crippen molar-refractivity contribution in [2.24, 2.45) is 0 Å². The maximum absolute atomic E-state index is 5.60. The predicted octanol–water partition coefficient (Wildman–Crippen LogP) is 4.87. The Morgan fingerprint density at radius 2 is 1.78 bits per heavy atom. The molecule has 2 unspecified atom stereocenters. The van der Waals surface area contributed by atoms with Crippen molar-refractivity contribution in [2.45, 2.75) is 37.9 Å². The molecule has 2 heterocycles. The smallest absolute Gasteiger partial charge is 0.204 e. The van der Waals surface area contributed by atoms with Gasteiger partial charge in [0.15, 0.2) is 0 Å². The first-order valence-electron chi connectivity index (χ1n) is 11.4. The van der Waals surface area contributed by atoms with Gasteiger partial charge in [-0.2, -0.15) is 0 Å². The number of hydrogen-bond acceptors (Lipinski definition) is 4. The summed E-state index contributed by atoms with van der Waals surface area (Å²) < 4.78 is 7.88. The van der Waals surface area contributed by atoms with Crippen LogP contribution in [0, 0.1) is 0 Å². The molecule has 32 heavy (non-hydrogen) atoms. The molecule has 2 N–H and O–H groups in total. The molecular formula is C27H30N4O. The number of imidazole rings is 1. The van der Waals surface area contributed by atoms with Gasteiger partial charge >= 0.3 is 0 Å². The number of hydrogen-bond donors (Lipinski definition) is 2. The number of nitrogens with zero attached hydrogens (tertiary/aromatic N) is 2. The maximum Gasteiger partial charge on any atom is 0.204 e. The summed E-state index contributed by atoms with van der Waals surface area (Å²) in [5, 5.41) is 7.48. The van der Waals surface area contributed by atoms with E-state index in [0.717, 1.165) is 54.1 Å². The number of anilines is 1. The summed E-state index contributed by atoms with van der Waals surface area (Å²) in [6, 6.07) is 28.2. The molecule has 2 atom stereocenters. The summed E-state index contributed by atoms with van der Waals surface area (Å²) in [7, 11) is 1.73. The minimum atomic E-state index is 0.387. The van der Waals surface area contributed by atoms with E-state index in [9.17, 15) is 0 Å². The van der Waals surface area contributed by atoms with Crippen LogP contribution in [-0.4, -0.2) is 35.3 Å². The average molecular weight is 427 g/mol. The van der Waals surface area contributed by atoms with Crippen LogP contribution in [0.5, 0.6) is 5.75 Å². The molecule has 5 nitrogen and oxygen atoms in total. The van der Waals surface area contributed by atoms with Gasteiger partial charge < -0.3 is 19.9 Å². The first-order chi connectivity index (χ1) is 15.8. The van der Waals surface area contributed by atoms with E-state index in [1.54, 1.807) is 7.11 Å². The van der Waals surface area contributed by atoms with Gasteiger partial charge in [-0.3, -0.25) is 0 Å². The number of fused-ring (bicyclic) bond motifs is 1. The number of benzene rings is 3. The van der Waals surface area contributed by atoms with Gasteiger partial charge in [0.1, 0.15) is 5.75 Å². The molecule has 0 aliphatic carbocycles. The highest BCUT2D eigenvalue weighted by Crippen LogP contribution is 2.27. The van der Waals surface area contributed by atoms with E-state index in [4.69, 9.17) is 9.72 Å². The third kappa shape index (κ3) is 4.48. The van der Waals surface area contributed by atoms with Crippen LogP contribution in [0.2, 0.25) is 0 Å². The van der Waals surface area contributed by atoms with Crippen LogP contribution in [0.25, 0.3) is 11.0 Å². The molecule has 1 aliphatic heterocycles. The van der Waals surface area contributed by atoms with Crippen molar-refractivity contribution in [3.8, 4) is 5.75 Å². The monoisotopic (exact) mass is 426 g/mol. The highest BCUT2D eigenvalue weighted by molar-refractivity contribution is 5.78. The molecule has 1 fully saturated rings. The quantitative estimate of drug-likeness (QED) is 0.443. The van der Waals surface area contributed by atoms with Crippen LogP contribution in [0.4, 0.5) is 5.95 Å². The number of methoxy groups -OCH3 is 1. The summed E-state index contributed by atoms with van der Waals surface area (Å²) in [4.78, 5) is 4.96. The van der Waals surface area contributed by atoms with Crippen molar-refractivity contribution >= 4 is 17.0 Å². The molecule has 1 saturated heterocycles. The highest BCUT2D eigenvalue weighted by atomic mass is 16.5. The van der Waals surface area contributed by atoms with Crippen LogP contribution < -0.4 is 15.4 Å². The molecule has 0 saturated carbocycles. The number of piperidine rings is 1. The Labute approximate surface area is 189 Å². The Balaban J connectivity index is 1.38. The lowest BCUT2D eigenvalue weighted by molar-refractivity contribution is 0.372. The van der Waals surface area contributed by atoms with Crippen molar-refractivity contribution < 1.29 is 4.74 Å².